The third-order valence-electron chi connectivity index (χ3n) is 6.47. The number of hydrogen-bond donors (Lipinski definition) is 0. The van der Waals surface area contributed by atoms with Crippen LogP contribution in [0.1, 0.15) is 48.3 Å². The molecule has 0 saturated carbocycles. The van der Waals surface area contributed by atoms with Gasteiger partial charge in [0.2, 0.25) is 0 Å². The summed E-state index contributed by atoms with van der Waals surface area (Å²) in [5, 5.41) is 4.08. The topological polar surface area (TPSA) is 57.0 Å². The van der Waals surface area contributed by atoms with E-state index in [2.05, 4.69) is 22.2 Å². The minimum absolute atomic E-state index is 0.0248. The summed E-state index contributed by atoms with van der Waals surface area (Å²) in [5.41, 5.74) is 3.41. The molecule has 6 nitrogen and oxygen atoms in total. The second-order valence-electron chi connectivity index (χ2n) is 8.63. The highest BCUT2D eigenvalue weighted by molar-refractivity contribution is 5.20. The van der Waals surface area contributed by atoms with Crippen molar-refractivity contribution in [2.24, 2.45) is 0 Å². The average Bonchev–Trinajstić information content (AvgIpc) is 3.08. The van der Waals surface area contributed by atoms with Crippen LogP contribution in [0.4, 0.5) is 0 Å². The Hall–Kier alpha value is -1.73. The molecular formula is C24H34N2O4. The number of hydrogen-bond acceptors (Lipinski definition) is 6. The summed E-state index contributed by atoms with van der Waals surface area (Å²) in [6.07, 6.45) is 4.35. The van der Waals surface area contributed by atoms with Crippen molar-refractivity contribution < 1.29 is 18.7 Å². The van der Waals surface area contributed by atoms with Crippen LogP contribution in [-0.2, 0) is 27.4 Å². The fraction of sp³-hybridized carbons (Fsp3) is 0.625. The molecule has 4 rings (SSSR count). The Morgan fingerprint density at radius 3 is 2.67 bits per heavy atom. The molecule has 2 aromatic rings. The second-order valence-corrected chi connectivity index (χ2v) is 8.63. The van der Waals surface area contributed by atoms with E-state index in [1.54, 1.807) is 0 Å². The number of aromatic nitrogens is 1. The Bertz CT molecular complexity index is 764. The molecule has 2 fully saturated rings. The van der Waals surface area contributed by atoms with Crippen LogP contribution >= 0.6 is 0 Å². The van der Waals surface area contributed by atoms with E-state index in [0.29, 0.717) is 19.8 Å². The van der Waals surface area contributed by atoms with Crippen molar-refractivity contribution >= 4 is 0 Å². The van der Waals surface area contributed by atoms with Gasteiger partial charge in [-0.05, 0) is 38.7 Å². The van der Waals surface area contributed by atoms with E-state index in [0.717, 1.165) is 63.4 Å². The van der Waals surface area contributed by atoms with Gasteiger partial charge in [-0.25, -0.2) is 0 Å². The molecule has 1 aromatic carbocycles. The monoisotopic (exact) mass is 414 g/mol. The fourth-order valence-corrected chi connectivity index (χ4v) is 4.58. The Labute approximate surface area is 179 Å². The molecule has 0 radical (unpaired) electrons. The van der Waals surface area contributed by atoms with Crippen molar-refractivity contribution in [3.05, 3.63) is 52.9 Å². The summed E-state index contributed by atoms with van der Waals surface area (Å²) < 4.78 is 23.5. The molecule has 6 heteroatoms. The lowest BCUT2D eigenvalue weighted by Gasteiger charge is -2.46. The number of nitrogens with zero attached hydrogens (tertiary/aromatic N) is 2. The van der Waals surface area contributed by atoms with E-state index >= 15 is 0 Å². The van der Waals surface area contributed by atoms with E-state index < -0.39 is 0 Å². The highest BCUT2D eigenvalue weighted by Crippen LogP contribution is 2.36. The number of aryl methyl sites for hydroxylation is 2. The van der Waals surface area contributed by atoms with E-state index in [1.165, 1.54) is 11.1 Å². The maximum Gasteiger partial charge on any atom is 0.138 e. The van der Waals surface area contributed by atoms with Crippen LogP contribution in [0.5, 0.6) is 0 Å². The van der Waals surface area contributed by atoms with Gasteiger partial charge in [0.25, 0.3) is 0 Å². The normalized spacial score (nSPS) is 21.9. The summed E-state index contributed by atoms with van der Waals surface area (Å²) in [5.74, 6) is 0.935. The van der Waals surface area contributed by atoms with E-state index in [4.69, 9.17) is 18.7 Å². The fourth-order valence-electron chi connectivity index (χ4n) is 4.58. The van der Waals surface area contributed by atoms with Gasteiger partial charge in [-0.1, -0.05) is 35.5 Å². The third kappa shape index (κ3) is 5.49. The molecule has 1 atom stereocenters. The molecule has 2 aliphatic rings. The van der Waals surface area contributed by atoms with Gasteiger partial charge in [0, 0.05) is 38.2 Å². The van der Waals surface area contributed by atoms with Gasteiger partial charge in [0.15, 0.2) is 0 Å². The predicted molar refractivity (Wildman–Crippen MR) is 114 cm³/mol. The van der Waals surface area contributed by atoms with Crippen molar-refractivity contribution in [2.45, 2.75) is 64.4 Å². The molecule has 3 heterocycles. The van der Waals surface area contributed by atoms with E-state index in [1.807, 2.05) is 32.0 Å². The number of likely N-dealkylation sites (tertiary alicyclic amines) is 1. The number of ether oxygens (including phenoxy) is 3. The molecule has 1 unspecified atom stereocenters. The molecule has 164 valence electrons. The van der Waals surface area contributed by atoms with Gasteiger partial charge >= 0.3 is 0 Å². The summed E-state index contributed by atoms with van der Waals surface area (Å²) in [7, 11) is 0. The summed E-state index contributed by atoms with van der Waals surface area (Å²) in [6, 6.07) is 10.3. The molecule has 1 spiro atoms. The van der Waals surface area contributed by atoms with Gasteiger partial charge in [-0.3, -0.25) is 4.90 Å². The van der Waals surface area contributed by atoms with Crippen LogP contribution in [0.15, 0.2) is 34.9 Å². The summed E-state index contributed by atoms with van der Waals surface area (Å²) in [6.45, 7) is 9.71. The highest BCUT2D eigenvalue weighted by Gasteiger charge is 2.40. The lowest BCUT2D eigenvalue weighted by atomic mass is 9.83. The molecule has 2 saturated heterocycles. The lowest BCUT2D eigenvalue weighted by Crippen LogP contribution is -2.50. The summed E-state index contributed by atoms with van der Waals surface area (Å²) in [4.78, 5) is 2.49. The Kier molecular flexibility index (Phi) is 7.20. The zero-order valence-electron chi connectivity index (χ0n) is 18.3. The van der Waals surface area contributed by atoms with E-state index in [9.17, 15) is 0 Å². The van der Waals surface area contributed by atoms with Crippen molar-refractivity contribution in [2.75, 3.05) is 32.9 Å². The molecule has 2 aliphatic heterocycles. The van der Waals surface area contributed by atoms with Gasteiger partial charge in [-0.2, -0.15) is 0 Å². The quantitative estimate of drug-likeness (QED) is 0.608. The number of benzene rings is 1. The first kappa shape index (κ1) is 21.5. The van der Waals surface area contributed by atoms with Crippen LogP contribution in [0.25, 0.3) is 0 Å². The lowest BCUT2D eigenvalue weighted by molar-refractivity contribution is -0.158. The van der Waals surface area contributed by atoms with Crippen molar-refractivity contribution in [1.29, 1.82) is 0 Å². The van der Waals surface area contributed by atoms with Crippen molar-refractivity contribution in [3.8, 4) is 0 Å². The molecule has 0 N–H and O–H groups in total. The van der Waals surface area contributed by atoms with Crippen LogP contribution in [0.2, 0.25) is 0 Å². The molecule has 1 aromatic heterocycles. The molecule has 0 bridgehead atoms. The van der Waals surface area contributed by atoms with Crippen LogP contribution in [0.3, 0.4) is 0 Å². The second kappa shape index (κ2) is 10.1. The molecule has 30 heavy (non-hydrogen) atoms. The number of rotatable bonds is 8. The van der Waals surface area contributed by atoms with Crippen molar-refractivity contribution in [1.82, 2.24) is 10.1 Å². The Morgan fingerprint density at radius 2 is 1.93 bits per heavy atom. The van der Waals surface area contributed by atoms with Gasteiger partial charge in [0.1, 0.15) is 5.76 Å². The molecule has 0 aliphatic carbocycles. The maximum atomic E-state index is 6.28. The molecular weight excluding hydrogens is 380 g/mol. The minimum atomic E-state index is -0.0248. The van der Waals surface area contributed by atoms with Crippen LogP contribution < -0.4 is 0 Å². The summed E-state index contributed by atoms with van der Waals surface area (Å²) >= 11 is 0. The zero-order valence-corrected chi connectivity index (χ0v) is 18.3. The molecule has 0 amide bonds. The predicted octanol–water partition coefficient (Wildman–Crippen LogP) is 4.04. The minimum Gasteiger partial charge on any atom is -0.376 e. The van der Waals surface area contributed by atoms with E-state index in [-0.39, 0.29) is 11.7 Å². The van der Waals surface area contributed by atoms with Crippen LogP contribution in [-0.4, -0.2) is 54.7 Å². The first-order valence-corrected chi connectivity index (χ1v) is 11.1. The SMILES string of the molecule is Cc1noc(C)c1CN1CCC2(CC1)CC(OCCOCc1ccccc1)CCO2. The first-order chi connectivity index (χ1) is 14.6. The van der Waals surface area contributed by atoms with Gasteiger partial charge in [-0.15, -0.1) is 0 Å². The average molecular weight is 415 g/mol. The van der Waals surface area contributed by atoms with Gasteiger partial charge < -0.3 is 18.7 Å². The van der Waals surface area contributed by atoms with Crippen molar-refractivity contribution in [3.63, 3.8) is 0 Å². The zero-order chi connectivity index (χ0) is 20.8. The largest absolute Gasteiger partial charge is 0.376 e. The third-order valence-corrected chi connectivity index (χ3v) is 6.47. The van der Waals surface area contributed by atoms with Crippen LogP contribution in [0, 0.1) is 13.8 Å². The Morgan fingerprint density at radius 1 is 1.13 bits per heavy atom. The van der Waals surface area contributed by atoms with Gasteiger partial charge in [0.05, 0.1) is 37.2 Å². The smallest absolute Gasteiger partial charge is 0.138 e. The first-order valence-electron chi connectivity index (χ1n) is 11.1. The number of piperidine rings is 1. The Balaban J connectivity index is 1.17. The highest BCUT2D eigenvalue weighted by atomic mass is 16.5. The maximum absolute atomic E-state index is 6.28. The standard InChI is InChI=1S/C24H34N2O4/c1-19-23(20(2)30-25-19)17-26-11-9-24(10-12-26)16-22(8-13-29-24)28-15-14-27-18-21-6-4-3-5-7-21/h3-7,22H,8-18H2,1-2H3.